The second kappa shape index (κ2) is 5.83. The summed E-state index contributed by atoms with van der Waals surface area (Å²) in [6.07, 6.45) is 0. The molecular formula is C12H18N2O4Si. The number of hydrogen-bond acceptors (Lipinski definition) is 5. The summed E-state index contributed by atoms with van der Waals surface area (Å²) in [5.74, 6) is 0.229. The molecule has 0 aliphatic heterocycles. The Hall–Kier alpha value is -1.89. The molecule has 1 rings (SSSR count). The van der Waals surface area contributed by atoms with Crippen LogP contribution in [0.25, 0.3) is 0 Å². The van der Waals surface area contributed by atoms with E-state index in [0.717, 1.165) is 0 Å². The summed E-state index contributed by atoms with van der Waals surface area (Å²) >= 11 is 0. The van der Waals surface area contributed by atoms with Crippen LogP contribution in [0.5, 0.6) is 5.75 Å². The quantitative estimate of drug-likeness (QED) is 0.360. The fourth-order valence-corrected chi connectivity index (χ4v) is 1.73. The molecule has 0 radical (unpaired) electrons. The number of methoxy groups -OCH3 is 1. The van der Waals surface area contributed by atoms with Crippen LogP contribution in [0.3, 0.4) is 0 Å². The Morgan fingerprint density at radius 1 is 1.37 bits per heavy atom. The fraction of sp³-hybridized carbons (Fsp3) is 0.417. The molecule has 0 fully saturated rings. The summed E-state index contributed by atoms with van der Waals surface area (Å²) in [4.78, 5) is 10.5. The third-order valence-electron chi connectivity index (χ3n) is 2.25. The van der Waals surface area contributed by atoms with Crippen LogP contribution in [-0.4, -0.2) is 26.1 Å². The summed E-state index contributed by atoms with van der Waals surface area (Å²) in [5.41, 5.74) is 1.17. The molecule has 1 aromatic carbocycles. The van der Waals surface area contributed by atoms with Crippen LogP contribution in [0, 0.1) is 10.1 Å². The average molecular weight is 282 g/mol. The molecule has 0 bridgehead atoms. The van der Waals surface area contributed by atoms with Gasteiger partial charge in [-0.25, -0.2) is 0 Å². The lowest BCUT2D eigenvalue weighted by atomic mass is 10.1. The van der Waals surface area contributed by atoms with E-state index in [4.69, 9.17) is 9.26 Å². The summed E-state index contributed by atoms with van der Waals surface area (Å²) in [5, 5.41) is 15.0. The van der Waals surface area contributed by atoms with E-state index in [1.807, 2.05) is 19.6 Å². The van der Waals surface area contributed by atoms with Gasteiger partial charge in [-0.1, -0.05) is 0 Å². The van der Waals surface area contributed by atoms with Gasteiger partial charge < -0.3 is 9.26 Å². The highest BCUT2D eigenvalue weighted by Crippen LogP contribution is 2.27. The van der Waals surface area contributed by atoms with Crippen molar-refractivity contribution in [2.75, 3.05) is 7.11 Å². The van der Waals surface area contributed by atoms with E-state index < -0.39 is 13.2 Å². The van der Waals surface area contributed by atoms with Crippen molar-refractivity contribution in [1.82, 2.24) is 0 Å². The molecule has 0 saturated heterocycles. The second-order valence-electron chi connectivity index (χ2n) is 5.02. The second-order valence-corrected chi connectivity index (χ2v) is 9.43. The summed E-state index contributed by atoms with van der Waals surface area (Å²) in [6.45, 7) is 7.80. The van der Waals surface area contributed by atoms with Gasteiger partial charge in [-0.15, -0.1) is 5.16 Å². The first-order valence-corrected chi connectivity index (χ1v) is 9.21. The van der Waals surface area contributed by atoms with Gasteiger partial charge in [0.2, 0.25) is 0 Å². The minimum Gasteiger partial charge on any atom is -0.490 e. The highest BCUT2D eigenvalue weighted by atomic mass is 28.4. The largest absolute Gasteiger partial charge is 0.490 e. The van der Waals surface area contributed by atoms with Crippen LogP contribution in [0.2, 0.25) is 19.6 Å². The fourth-order valence-electron chi connectivity index (χ4n) is 1.32. The van der Waals surface area contributed by atoms with E-state index in [-0.39, 0.29) is 11.4 Å². The predicted molar refractivity (Wildman–Crippen MR) is 76.3 cm³/mol. The molecule has 0 atom stereocenters. The minimum atomic E-state index is -1.75. The van der Waals surface area contributed by atoms with Gasteiger partial charge in [0, 0.05) is 11.6 Å². The maximum Gasteiger partial charge on any atom is 0.311 e. The molecule has 104 valence electrons. The molecule has 0 aliphatic rings. The zero-order chi connectivity index (χ0) is 14.6. The predicted octanol–water partition coefficient (Wildman–Crippen LogP) is 3.18. The third-order valence-corrected chi connectivity index (χ3v) is 2.89. The van der Waals surface area contributed by atoms with Crippen molar-refractivity contribution < 1.29 is 14.2 Å². The topological polar surface area (TPSA) is 74.0 Å². The van der Waals surface area contributed by atoms with Crippen LogP contribution in [0.15, 0.2) is 23.4 Å². The highest BCUT2D eigenvalue weighted by molar-refractivity contribution is 6.69. The Bertz CT molecular complexity index is 509. The molecule has 6 nitrogen and oxygen atoms in total. The Morgan fingerprint density at radius 2 is 2.00 bits per heavy atom. The van der Waals surface area contributed by atoms with Crippen molar-refractivity contribution in [1.29, 1.82) is 0 Å². The number of rotatable bonds is 5. The molecule has 0 spiro atoms. The smallest absolute Gasteiger partial charge is 0.311 e. The number of nitro benzene ring substituents is 1. The molecule has 0 amide bonds. The number of nitrogens with zero attached hydrogens (tertiary/aromatic N) is 2. The number of hydrogen-bond donors (Lipinski definition) is 0. The molecule has 0 aliphatic carbocycles. The summed E-state index contributed by atoms with van der Waals surface area (Å²) < 4.78 is 10.4. The number of oxime groups is 1. The number of ether oxygens (including phenoxy) is 1. The molecule has 1 aromatic rings. The minimum absolute atomic E-state index is 0.0810. The van der Waals surface area contributed by atoms with E-state index in [1.165, 1.54) is 13.2 Å². The maximum absolute atomic E-state index is 10.9. The standard InChI is InChI=1S/C12H18N2O4Si/c1-9(13-18-19(3,4)5)10-6-7-12(17-2)11(8-10)14(15)16/h6-8H,1-5H3/b13-9+. The van der Waals surface area contributed by atoms with Crippen LogP contribution in [0.1, 0.15) is 12.5 Å². The average Bonchev–Trinajstić information content (AvgIpc) is 2.34. The van der Waals surface area contributed by atoms with Gasteiger partial charge >= 0.3 is 5.69 Å². The Labute approximate surface area is 113 Å². The van der Waals surface area contributed by atoms with Gasteiger partial charge in [-0.3, -0.25) is 10.1 Å². The summed E-state index contributed by atoms with van der Waals surface area (Å²) in [7, 11) is -0.352. The van der Waals surface area contributed by atoms with Gasteiger partial charge in [-0.05, 0) is 38.7 Å². The van der Waals surface area contributed by atoms with Gasteiger partial charge in [-0.2, -0.15) is 0 Å². The van der Waals surface area contributed by atoms with Gasteiger partial charge in [0.05, 0.1) is 17.7 Å². The van der Waals surface area contributed by atoms with Crippen molar-refractivity contribution in [2.24, 2.45) is 5.16 Å². The maximum atomic E-state index is 10.9. The van der Waals surface area contributed by atoms with E-state index in [2.05, 4.69) is 5.16 Å². The molecule has 7 heteroatoms. The first-order chi connectivity index (χ1) is 8.74. The lowest BCUT2D eigenvalue weighted by molar-refractivity contribution is -0.385. The molecule has 0 unspecified atom stereocenters. The van der Waals surface area contributed by atoms with E-state index >= 15 is 0 Å². The zero-order valence-electron chi connectivity index (χ0n) is 11.8. The van der Waals surface area contributed by atoms with Crippen LogP contribution < -0.4 is 4.74 Å². The Balaban J connectivity index is 3.08. The van der Waals surface area contributed by atoms with Crippen LogP contribution in [-0.2, 0) is 4.53 Å². The molecule has 0 heterocycles. The molecule has 0 N–H and O–H groups in total. The van der Waals surface area contributed by atoms with E-state index in [1.54, 1.807) is 19.1 Å². The van der Waals surface area contributed by atoms with Crippen molar-refractivity contribution in [3.63, 3.8) is 0 Å². The van der Waals surface area contributed by atoms with Crippen molar-refractivity contribution >= 4 is 19.7 Å². The Kier molecular flexibility index (Phi) is 4.65. The SMILES string of the molecule is COc1ccc(/C(C)=N/O[Si](C)(C)C)cc1[N+](=O)[O-]. The van der Waals surface area contributed by atoms with Gasteiger partial charge in [0.15, 0.2) is 5.75 Å². The normalized spacial score (nSPS) is 12.2. The molecule has 19 heavy (non-hydrogen) atoms. The number of nitro groups is 1. The number of benzene rings is 1. The Morgan fingerprint density at radius 3 is 2.47 bits per heavy atom. The molecule has 0 saturated carbocycles. The zero-order valence-corrected chi connectivity index (χ0v) is 12.8. The van der Waals surface area contributed by atoms with Crippen molar-refractivity contribution in [3.8, 4) is 5.75 Å². The monoisotopic (exact) mass is 282 g/mol. The van der Waals surface area contributed by atoms with Gasteiger partial charge in [0.25, 0.3) is 8.32 Å². The highest BCUT2D eigenvalue weighted by Gasteiger charge is 2.18. The van der Waals surface area contributed by atoms with Gasteiger partial charge in [0.1, 0.15) is 0 Å². The first-order valence-electron chi connectivity index (χ1n) is 5.80. The van der Waals surface area contributed by atoms with Crippen LogP contribution in [0.4, 0.5) is 5.69 Å². The lowest BCUT2D eigenvalue weighted by Crippen LogP contribution is -2.22. The van der Waals surface area contributed by atoms with E-state index in [0.29, 0.717) is 11.3 Å². The molecule has 0 aromatic heterocycles. The van der Waals surface area contributed by atoms with Crippen molar-refractivity contribution in [2.45, 2.75) is 26.6 Å². The molecular weight excluding hydrogens is 264 g/mol. The third kappa shape index (κ3) is 4.36. The van der Waals surface area contributed by atoms with E-state index in [9.17, 15) is 10.1 Å². The van der Waals surface area contributed by atoms with Crippen LogP contribution >= 0.6 is 0 Å². The lowest BCUT2D eigenvalue weighted by Gasteiger charge is -2.13. The first kappa shape index (κ1) is 15.2. The van der Waals surface area contributed by atoms with Crippen molar-refractivity contribution in [3.05, 3.63) is 33.9 Å². The summed E-state index contributed by atoms with van der Waals surface area (Å²) in [6, 6.07) is 4.71.